The fourth-order valence-electron chi connectivity index (χ4n) is 2.28. The first-order chi connectivity index (χ1) is 10.6. The molecule has 2 N–H and O–H groups in total. The number of benzene rings is 1. The molecular weight excluding hydrogens is 284 g/mol. The van der Waals surface area contributed by atoms with E-state index < -0.39 is 17.8 Å². The van der Waals surface area contributed by atoms with Gasteiger partial charge >= 0.3 is 5.97 Å². The molecule has 1 amide bonds. The van der Waals surface area contributed by atoms with Gasteiger partial charge in [-0.2, -0.15) is 0 Å². The molecule has 0 bridgehead atoms. The SMILES string of the molecule is O=C(NCC(C(=O)O)c1ccccc1)c1cc(C2CC2)no1. The van der Waals surface area contributed by atoms with Crippen LogP contribution < -0.4 is 5.32 Å². The van der Waals surface area contributed by atoms with Crippen LogP contribution in [0.3, 0.4) is 0 Å². The van der Waals surface area contributed by atoms with Gasteiger partial charge in [0.25, 0.3) is 5.91 Å². The summed E-state index contributed by atoms with van der Waals surface area (Å²) in [5.41, 5.74) is 1.44. The van der Waals surface area contributed by atoms with E-state index in [2.05, 4.69) is 10.5 Å². The largest absolute Gasteiger partial charge is 0.481 e. The number of nitrogens with zero attached hydrogens (tertiary/aromatic N) is 1. The zero-order valence-electron chi connectivity index (χ0n) is 11.9. The van der Waals surface area contributed by atoms with Gasteiger partial charge in [-0.3, -0.25) is 9.59 Å². The van der Waals surface area contributed by atoms with Crippen LogP contribution in [-0.4, -0.2) is 28.7 Å². The van der Waals surface area contributed by atoms with Gasteiger partial charge in [0.05, 0.1) is 11.6 Å². The number of carbonyl (C=O) groups excluding carboxylic acids is 1. The van der Waals surface area contributed by atoms with Gasteiger partial charge in [0.15, 0.2) is 0 Å². The molecule has 3 rings (SSSR count). The summed E-state index contributed by atoms with van der Waals surface area (Å²) in [6.07, 6.45) is 2.14. The van der Waals surface area contributed by atoms with Crippen LogP contribution in [0.1, 0.15) is 46.5 Å². The van der Waals surface area contributed by atoms with Crippen molar-refractivity contribution in [1.82, 2.24) is 10.5 Å². The third-order valence-corrected chi connectivity index (χ3v) is 3.71. The van der Waals surface area contributed by atoms with Crippen molar-refractivity contribution in [2.45, 2.75) is 24.7 Å². The van der Waals surface area contributed by atoms with Crippen molar-refractivity contribution in [2.75, 3.05) is 6.54 Å². The number of carbonyl (C=O) groups is 2. The Labute approximate surface area is 127 Å². The quantitative estimate of drug-likeness (QED) is 0.852. The second-order valence-corrected chi connectivity index (χ2v) is 5.40. The maximum Gasteiger partial charge on any atom is 0.312 e. The molecule has 1 unspecified atom stereocenters. The molecular formula is C16H16N2O4. The smallest absolute Gasteiger partial charge is 0.312 e. The van der Waals surface area contributed by atoms with Gasteiger partial charge in [-0.1, -0.05) is 35.5 Å². The molecule has 22 heavy (non-hydrogen) atoms. The van der Waals surface area contributed by atoms with Crippen LogP contribution in [-0.2, 0) is 4.79 Å². The highest BCUT2D eigenvalue weighted by Gasteiger charge is 2.28. The van der Waals surface area contributed by atoms with Crippen molar-refractivity contribution >= 4 is 11.9 Å². The Bertz CT molecular complexity index is 676. The van der Waals surface area contributed by atoms with Gasteiger partial charge in [-0.15, -0.1) is 0 Å². The van der Waals surface area contributed by atoms with E-state index in [-0.39, 0.29) is 12.3 Å². The fraction of sp³-hybridized carbons (Fsp3) is 0.312. The summed E-state index contributed by atoms with van der Waals surface area (Å²) in [6, 6.07) is 10.4. The second kappa shape index (κ2) is 6.01. The van der Waals surface area contributed by atoms with Gasteiger partial charge in [0.2, 0.25) is 5.76 Å². The standard InChI is InChI=1S/C16H16N2O4/c19-15(14-8-13(18-22-14)11-6-7-11)17-9-12(16(20)21)10-4-2-1-3-5-10/h1-5,8,11-12H,6-7,9H2,(H,17,19)(H,20,21). The van der Waals surface area contributed by atoms with Gasteiger partial charge < -0.3 is 14.9 Å². The van der Waals surface area contributed by atoms with Crippen LogP contribution in [0.2, 0.25) is 0 Å². The summed E-state index contributed by atoms with van der Waals surface area (Å²) in [6.45, 7) is -0.00234. The lowest BCUT2D eigenvalue weighted by Crippen LogP contribution is -2.31. The van der Waals surface area contributed by atoms with E-state index in [1.807, 2.05) is 6.07 Å². The Balaban J connectivity index is 1.63. The predicted molar refractivity (Wildman–Crippen MR) is 77.6 cm³/mol. The molecule has 1 atom stereocenters. The number of hydrogen-bond acceptors (Lipinski definition) is 4. The average molecular weight is 300 g/mol. The van der Waals surface area contributed by atoms with E-state index in [1.54, 1.807) is 30.3 Å². The van der Waals surface area contributed by atoms with Crippen molar-refractivity contribution in [3.05, 3.63) is 53.4 Å². The highest BCUT2D eigenvalue weighted by molar-refractivity contribution is 5.92. The van der Waals surface area contributed by atoms with E-state index in [0.29, 0.717) is 11.5 Å². The van der Waals surface area contributed by atoms with Crippen molar-refractivity contribution in [2.24, 2.45) is 0 Å². The topological polar surface area (TPSA) is 92.4 Å². The first-order valence-electron chi connectivity index (χ1n) is 7.17. The summed E-state index contributed by atoms with van der Waals surface area (Å²) in [5, 5.41) is 15.8. The molecule has 1 aromatic carbocycles. The normalized spacial score (nSPS) is 15.3. The molecule has 1 aliphatic rings. The van der Waals surface area contributed by atoms with Crippen molar-refractivity contribution in [1.29, 1.82) is 0 Å². The first-order valence-corrected chi connectivity index (χ1v) is 7.17. The molecule has 6 heteroatoms. The van der Waals surface area contributed by atoms with Gasteiger partial charge in [-0.05, 0) is 18.4 Å². The lowest BCUT2D eigenvalue weighted by Gasteiger charge is -2.12. The van der Waals surface area contributed by atoms with Crippen LogP contribution in [0, 0.1) is 0 Å². The third-order valence-electron chi connectivity index (χ3n) is 3.71. The Morgan fingerprint density at radius 1 is 1.32 bits per heavy atom. The highest BCUT2D eigenvalue weighted by atomic mass is 16.5. The Kier molecular flexibility index (Phi) is 3.91. The molecule has 2 aromatic rings. The van der Waals surface area contributed by atoms with E-state index in [4.69, 9.17) is 4.52 Å². The van der Waals surface area contributed by atoms with Crippen LogP contribution in [0.25, 0.3) is 0 Å². The lowest BCUT2D eigenvalue weighted by atomic mass is 9.99. The van der Waals surface area contributed by atoms with Gasteiger partial charge in [-0.25, -0.2) is 0 Å². The first kappa shape index (κ1) is 14.3. The molecule has 1 fully saturated rings. The summed E-state index contributed by atoms with van der Waals surface area (Å²) in [7, 11) is 0. The monoisotopic (exact) mass is 300 g/mol. The Morgan fingerprint density at radius 3 is 2.68 bits per heavy atom. The van der Waals surface area contributed by atoms with Crippen LogP contribution >= 0.6 is 0 Å². The second-order valence-electron chi connectivity index (χ2n) is 5.40. The highest BCUT2D eigenvalue weighted by Crippen LogP contribution is 2.39. The zero-order valence-corrected chi connectivity index (χ0v) is 11.9. The summed E-state index contributed by atoms with van der Waals surface area (Å²) in [4.78, 5) is 23.4. The lowest BCUT2D eigenvalue weighted by molar-refractivity contribution is -0.138. The van der Waals surface area contributed by atoms with E-state index in [0.717, 1.165) is 18.5 Å². The third kappa shape index (κ3) is 3.16. The summed E-state index contributed by atoms with van der Waals surface area (Å²) in [5.74, 6) is -1.69. The summed E-state index contributed by atoms with van der Waals surface area (Å²) >= 11 is 0. The number of aliphatic carboxylic acids is 1. The van der Waals surface area contributed by atoms with E-state index >= 15 is 0 Å². The fourth-order valence-corrected chi connectivity index (χ4v) is 2.28. The molecule has 1 aliphatic carbocycles. The molecule has 6 nitrogen and oxygen atoms in total. The molecule has 0 saturated heterocycles. The van der Waals surface area contributed by atoms with Crippen molar-refractivity contribution in [3.8, 4) is 0 Å². The van der Waals surface area contributed by atoms with Crippen LogP contribution in [0.4, 0.5) is 0 Å². The maximum absolute atomic E-state index is 12.0. The minimum absolute atomic E-state index is 0.00234. The molecule has 0 radical (unpaired) electrons. The number of rotatable bonds is 6. The Morgan fingerprint density at radius 2 is 2.05 bits per heavy atom. The molecule has 1 aromatic heterocycles. The number of aromatic nitrogens is 1. The number of hydrogen-bond donors (Lipinski definition) is 2. The average Bonchev–Trinajstić information content (AvgIpc) is 3.25. The number of carboxylic acids is 1. The van der Waals surface area contributed by atoms with E-state index in [1.165, 1.54) is 0 Å². The Hall–Kier alpha value is -2.63. The molecule has 1 saturated carbocycles. The van der Waals surface area contributed by atoms with Crippen LogP contribution in [0.15, 0.2) is 40.9 Å². The van der Waals surface area contributed by atoms with Crippen LogP contribution in [0.5, 0.6) is 0 Å². The number of nitrogens with one attached hydrogen (secondary N) is 1. The van der Waals surface area contributed by atoms with E-state index in [9.17, 15) is 14.7 Å². The zero-order chi connectivity index (χ0) is 15.5. The predicted octanol–water partition coefficient (Wildman–Crippen LogP) is 2.15. The molecule has 0 spiro atoms. The molecule has 114 valence electrons. The van der Waals surface area contributed by atoms with Crippen molar-refractivity contribution < 1.29 is 19.2 Å². The van der Waals surface area contributed by atoms with Gasteiger partial charge in [0, 0.05) is 18.5 Å². The molecule has 1 heterocycles. The minimum Gasteiger partial charge on any atom is -0.481 e. The van der Waals surface area contributed by atoms with Gasteiger partial charge in [0.1, 0.15) is 0 Å². The maximum atomic E-state index is 12.0. The molecule has 0 aliphatic heterocycles. The summed E-state index contributed by atoms with van der Waals surface area (Å²) < 4.78 is 5.02. The minimum atomic E-state index is -0.984. The number of carboxylic acid groups (broad SMARTS) is 1. The number of amides is 1. The van der Waals surface area contributed by atoms with Crippen molar-refractivity contribution in [3.63, 3.8) is 0 Å².